The lowest BCUT2D eigenvalue weighted by molar-refractivity contribution is 0.0687. The molecule has 0 aromatic heterocycles. The zero-order valence-corrected chi connectivity index (χ0v) is 12.8. The predicted molar refractivity (Wildman–Crippen MR) is 84.6 cm³/mol. The SMILES string of the molecule is CC(C)N(Cc1cccc(Cl)c1)C(=O)c1ccccc1O. The second-order valence-electron chi connectivity index (χ2n) is 5.17. The molecule has 4 heteroatoms. The van der Waals surface area contributed by atoms with E-state index in [-0.39, 0.29) is 17.7 Å². The zero-order chi connectivity index (χ0) is 15.4. The first-order chi connectivity index (χ1) is 9.99. The van der Waals surface area contributed by atoms with Gasteiger partial charge in [-0.2, -0.15) is 0 Å². The lowest BCUT2D eigenvalue weighted by Crippen LogP contribution is -2.36. The molecule has 0 radical (unpaired) electrons. The molecule has 0 saturated heterocycles. The average Bonchev–Trinajstić information content (AvgIpc) is 2.44. The molecule has 2 rings (SSSR count). The van der Waals surface area contributed by atoms with Crippen molar-refractivity contribution in [2.24, 2.45) is 0 Å². The molecular weight excluding hydrogens is 286 g/mol. The van der Waals surface area contributed by atoms with Crippen LogP contribution in [0.25, 0.3) is 0 Å². The molecule has 0 atom stereocenters. The monoisotopic (exact) mass is 303 g/mol. The molecule has 0 saturated carbocycles. The molecule has 0 fully saturated rings. The Morgan fingerprint density at radius 2 is 1.90 bits per heavy atom. The number of benzene rings is 2. The van der Waals surface area contributed by atoms with Gasteiger partial charge in [0, 0.05) is 17.6 Å². The molecule has 110 valence electrons. The summed E-state index contributed by atoms with van der Waals surface area (Å²) in [4.78, 5) is 14.3. The maximum absolute atomic E-state index is 12.6. The number of carbonyl (C=O) groups excluding carboxylic acids is 1. The number of rotatable bonds is 4. The topological polar surface area (TPSA) is 40.5 Å². The summed E-state index contributed by atoms with van der Waals surface area (Å²) in [5, 5.41) is 10.5. The van der Waals surface area contributed by atoms with Gasteiger partial charge in [-0.3, -0.25) is 4.79 Å². The van der Waals surface area contributed by atoms with Gasteiger partial charge in [0.1, 0.15) is 5.75 Å². The maximum Gasteiger partial charge on any atom is 0.258 e. The number of para-hydroxylation sites is 1. The van der Waals surface area contributed by atoms with Crippen molar-refractivity contribution < 1.29 is 9.90 Å². The lowest BCUT2D eigenvalue weighted by Gasteiger charge is -2.27. The van der Waals surface area contributed by atoms with E-state index in [1.807, 2.05) is 32.0 Å². The number of phenols is 1. The van der Waals surface area contributed by atoms with Crippen LogP contribution < -0.4 is 0 Å². The second-order valence-corrected chi connectivity index (χ2v) is 5.61. The van der Waals surface area contributed by atoms with Crippen LogP contribution in [0.3, 0.4) is 0 Å². The predicted octanol–water partition coefficient (Wildman–Crippen LogP) is 4.10. The highest BCUT2D eigenvalue weighted by molar-refractivity contribution is 6.30. The number of phenolic OH excluding ortho intramolecular Hbond substituents is 1. The summed E-state index contributed by atoms with van der Waals surface area (Å²) in [7, 11) is 0. The molecule has 0 spiro atoms. The van der Waals surface area contributed by atoms with Gasteiger partial charge in [0.2, 0.25) is 0 Å². The van der Waals surface area contributed by atoms with Crippen molar-refractivity contribution in [1.82, 2.24) is 4.90 Å². The summed E-state index contributed by atoms with van der Waals surface area (Å²) in [6.45, 7) is 4.34. The van der Waals surface area contributed by atoms with Crippen LogP contribution in [0.1, 0.15) is 29.8 Å². The van der Waals surface area contributed by atoms with Gasteiger partial charge < -0.3 is 10.0 Å². The van der Waals surface area contributed by atoms with Crippen molar-refractivity contribution in [2.75, 3.05) is 0 Å². The third-order valence-corrected chi connectivity index (χ3v) is 3.50. The number of aromatic hydroxyl groups is 1. The molecular formula is C17H18ClNO2. The van der Waals surface area contributed by atoms with Gasteiger partial charge in [-0.05, 0) is 43.7 Å². The van der Waals surface area contributed by atoms with Gasteiger partial charge >= 0.3 is 0 Å². The van der Waals surface area contributed by atoms with E-state index in [1.54, 1.807) is 29.2 Å². The first-order valence-corrected chi connectivity index (χ1v) is 7.20. The Bertz CT molecular complexity index is 640. The normalized spacial score (nSPS) is 10.7. The number of carbonyl (C=O) groups is 1. The summed E-state index contributed by atoms with van der Waals surface area (Å²) in [5.41, 5.74) is 1.27. The van der Waals surface area contributed by atoms with Crippen LogP contribution in [-0.4, -0.2) is 22.0 Å². The minimum Gasteiger partial charge on any atom is -0.507 e. The molecule has 2 aromatic carbocycles. The molecule has 1 amide bonds. The third kappa shape index (κ3) is 3.76. The van der Waals surface area contributed by atoms with Crippen molar-refractivity contribution in [3.8, 4) is 5.75 Å². The molecule has 21 heavy (non-hydrogen) atoms. The van der Waals surface area contributed by atoms with E-state index in [9.17, 15) is 9.90 Å². The summed E-state index contributed by atoms with van der Waals surface area (Å²) in [6.07, 6.45) is 0. The van der Waals surface area contributed by atoms with Crippen molar-refractivity contribution in [3.05, 3.63) is 64.7 Å². The minimum atomic E-state index is -0.192. The highest BCUT2D eigenvalue weighted by Gasteiger charge is 2.21. The molecule has 0 unspecified atom stereocenters. The number of halogens is 1. The van der Waals surface area contributed by atoms with E-state index >= 15 is 0 Å². The number of nitrogens with zero attached hydrogens (tertiary/aromatic N) is 1. The second kappa shape index (κ2) is 6.64. The van der Waals surface area contributed by atoms with Crippen molar-refractivity contribution in [2.45, 2.75) is 26.4 Å². The molecule has 1 N–H and O–H groups in total. The molecule has 0 aliphatic rings. The highest BCUT2D eigenvalue weighted by Crippen LogP contribution is 2.21. The zero-order valence-electron chi connectivity index (χ0n) is 12.1. The molecule has 3 nitrogen and oxygen atoms in total. The lowest BCUT2D eigenvalue weighted by atomic mass is 10.1. The molecule has 0 heterocycles. The highest BCUT2D eigenvalue weighted by atomic mass is 35.5. The summed E-state index contributed by atoms with van der Waals surface area (Å²) < 4.78 is 0. The van der Waals surface area contributed by atoms with Crippen molar-refractivity contribution >= 4 is 17.5 Å². The first kappa shape index (κ1) is 15.4. The largest absolute Gasteiger partial charge is 0.507 e. The minimum absolute atomic E-state index is 0.000700. The molecule has 2 aromatic rings. The van der Waals surface area contributed by atoms with Crippen LogP contribution in [0.15, 0.2) is 48.5 Å². The van der Waals surface area contributed by atoms with Gasteiger partial charge in [-0.1, -0.05) is 35.9 Å². The molecule has 0 bridgehead atoms. The quantitative estimate of drug-likeness (QED) is 0.924. The Hall–Kier alpha value is -2.00. The smallest absolute Gasteiger partial charge is 0.258 e. The number of hydrogen-bond acceptors (Lipinski definition) is 2. The van der Waals surface area contributed by atoms with E-state index in [0.29, 0.717) is 17.1 Å². The Balaban J connectivity index is 2.27. The van der Waals surface area contributed by atoms with E-state index in [4.69, 9.17) is 11.6 Å². The van der Waals surface area contributed by atoms with Crippen molar-refractivity contribution in [1.29, 1.82) is 0 Å². The fourth-order valence-electron chi connectivity index (χ4n) is 2.13. The van der Waals surface area contributed by atoms with Gasteiger partial charge in [0.15, 0.2) is 0 Å². The molecule has 0 aliphatic heterocycles. The summed E-state index contributed by atoms with van der Waals surface area (Å²) >= 11 is 5.99. The van der Waals surface area contributed by atoms with Gasteiger partial charge in [0.05, 0.1) is 5.56 Å². The van der Waals surface area contributed by atoms with Crippen LogP contribution in [-0.2, 0) is 6.54 Å². The van der Waals surface area contributed by atoms with Crippen molar-refractivity contribution in [3.63, 3.8) is 0 Å². The number of amides is 1. The van der Waals surface area contributed by atoms with Crippen LogP contribution in [0.4, 0.5) is 0 Å². The molecule has 0 aliphatic carbocycles. The van der Waals surface area contributed by atoms with Crippen LogP contribution in [0.5, 0.6) is 5.75 Å². The third-order valence-electron chi connectivity index (χ3n) is 3.26. The first-order valence-electron chi connectivity index (χ1n) is 6.82. The average molecular weight is 304 g/mol. The Kier molecular flexibility index (Phi) is 4.86. The fourth-order valence-corrected chi connectivity index (χ4v) is 2.34. The Labute approximate surface area is 129 Å². The van der Waals surface area contributed by atoms with Gasteiger partial charge in [0.25, 0.3) is 5.91 Å². The summed E-state index contributed by atoms with van der Waals surface area (Å²) in [5.74, 6) is -0.192. The fraction of sp³-hybridized carbons (Fsp3) is 0.235. The van der Waals surface area contributed by atoms with E-state index < -0.39 is 0 Å². The van der Waals surface area contributed by atoms with Crippen LogP contribution in [0, 0.1) is 0 Å². The van der Waals surface area contributed by atoms with Gasteiger partial charge in [-0.25, -0.2) is 0 Å². The summed E-state index contributed by atoms with van der Waals surface area (Å²) in [6, 6.07) is 14.0. The van der Waals surface area contributed by atoms with E-state index in [1.165, 1.54) is 6.07 Å². The Morgan fingerprint density at radius 3 is 2.52 bits per heavy atom. The van der Waals surface area contributed by atoms with E-state index in [0.717, 1.165) is 5.56 Å². The number of hydrogen-bond donors (Lipinski definition) is 1. The van der Waals surface area contributed by atoms with Gasteiger partial charge in [-0.15, -0.1) is 0 Å². The Morgan fingerprint density at radius 1 is 1.19 bits per heavy atom. The van der Waals surface area contributed by atoms with Crippen LogP contribution >= 0.6 is 11.6 Å². The maximum atomic E-state index is 12.6. The van der Waals surface area contributed by atoms with Crippen LogP contribution in [0.2, 0.25) is 5.02 Å². The van der Waals surface area contributed by atoms with E-state index in [2.05, 4.69) is 0 Å². The standard InChI is InChI=1S/C17H18ClNO2/c1-12(2)19(11-13-6-5-7-14(18)10-13)17(21)15-8-3-4-9-16(15)20/h3-10,12,20H,11H2,1-2H3.